The van der Waals surface area contributed by atoms with Crippen molar-refractivity contribution in [2.24, 2.45) is 9.98 Å². The second-order valence-corrected chi connectivity index (χ2v) is 6.94. The molecule has 8 heteroatoms. The summed E-state index contributed by atoms with van der Waals surface area (Å²) in [6, 6.07) is 14.6. The lowest BCUT2D eigenvalue weighted by atomic mass is 10.0. The van der Waals surface area contributed by atoms with Crippen LogP contribution in [0.2, 0.25) is 0 Å². The van der Waals surface area contributed by atoms with Crippen LogP contribution in [0, 0.1) is 0 Å². The molecule has 2 aromatic rings. The minimum atomic E-state index is -2.12. The zero-order valence-electron chi connectivity index (χ0n) is 15.9. The third kappa shape index (κ3) is 4.00. The van der Waals surface area contributed by atoms with Gasteiger partial charge in [-0.15, -0.1) is 0 Å². The van der Waals surface area contributed by atoms with Gasteiger partial charge in [0.25, 0.3) is 0 Å². The molecular weight excluding hydrogens is 388 g/mol. The Morgan fingerprint density at radius 3 is 1.60 bits per heavy atom. The largest absolute Gasteiger partial charge is 0.433 e. The molecule has 0 fully saturated rings. The summed E-state index contributed by atoms with van der Waals surface area (Å²) < 4.78 is 10.4. The van der Waals surface area contributed by atoms with Gasteiger partial charge in [0.1, 0.15) is 0 Å². The first-order valence-electron chi connectivity index (χ1n) is 9.50. The highest BCUT2D eigenvalue weighted by Gasteiger charge is 2.36. The first-order valence-corrected chi connectivity index (χ1v) is 9.50. The third-order valence-electron chi connectivity index (χ3n) is 4.98. The van der Waals surface area contributed by atoms with E-state index in [9.17, 15) is 19.8 Å². The Hall–Kier alpha value is -3.36. The van der Waals surface area contributed by atoms with Gasteiger partial charge in [0.2, 0.25) is 12.5 Å². The maximum Gasteiger partial charge on any atom is 0.340 e. The topological polar surface area (TPSA) is 118 Å². The molecule has 0 aliphatic carbocycles. The van der Waals surface area contributed by atoms with E-state index in [0.29, 0.717) is 24.0 Å². The minimum absolute atomic E-state index is 0.602. The summed E-state index contributed by atoms with van der Waals surface area (Å²) in [6.07, 6.45) is -1.72. The first-order chi connectivity index (χ1) is 14.5. The van der Waals surface area contributed by atoms with E-state index in [-0.39, 0.29) is 0 Å². The molecule has 2 N–H and O–H groups in total. The van der Waals surface area contributed by atoms with E-state index < -0.39 is 36.6 Å². The number of aliphatic hydroxyl groups excluding tert-OH is 2. The van der Waals surface area contributed by atoms with E-state index in [4.69, 9.17) is 9.47 Å². The molecule has 2 heterocycles. The van der Waals surface area contributed by atoms with E-state index in [1.165, 1.54) is 0 Å². The van der Waals surface area contributed by atoms with Gasteiger partial charge in [-0.2, -0.15) is 0 Å². The summed E-state index contributed by atoms with van der Waals surface area (Å²) >= 11 is 0. The van der Waals surface area contributed by atoms with Crippen molar-refractivity contribution in [3.8, 4) is 0 Å². The number of fused-ring (bicyclic) bond motifs is 2. The predicted octanol–water partition coefficient (Wildman–Crippen LogP) is 1.45. The van der Waals surface area contributed by atoms with Crippen LogP contribution in [-0.2, 0) is 31.9 Å². The molecule has 30 heavy (non-hydrogen) atoms. The lowest BCUT2D eigenvalue weighted by Crippen LogP contribution is -2.42. The SMILES string of the molecule is O=C(OC1N=CCc2ccccc21)C(O)C(O)C(=O)OC1N=CCc2ccccc21. The highest BCUT2D eigenvalue weighted by atomic mass is 16.6. The number of hydrogen-bond acceptors (Lipinski definition) is 8. The van der Waals surface area contributed by atoms with Crippen molar-refractivity contribution in [2.45, 2.75) is 37.5 Å². The maximum absolute atomic E-state index is 12.3. The maximum atomic E-state index is 12.3. The van der Waals surface area contributed by atoms with E-state index in [0.717, 1.165) is 11.1 Å². The normalized spacial score (nSPS) is 21.1. The molecule has 0 saturated heterocycles. The van der Waals surface area contributed by atoms with Gasteiger partial charge in [0, 0.05) is 36.4 Å². The molecule has 2 aliphatic rings. The average Bonchev–Trinajstić information content (AvgIpc) is 2.78. The van der Waals surface area contributed by atoms with Crippen molar-refractivity contribution < 1.29 is 29.3 Å². The molecule has 4 unspecified atom stereocenters. The second-order valence-electron chi connectivity index (χ2n) is 6.94. The summed E-state index contributed by atoms with van der Waals surface area (Å²) in [5.41, 5.74) is 3.25. The number of ether oxygens (including phenoxy) is 2. The molecular formula is C22H20N2O6. The van der Waals surface area contributed by atoms with E-state index >= 15 is 0 Å². The number of hydrogen-bond donors (Lipinski definition) is 2. The van der Waals surface area contributed by atoms with Crippen LogP contribution in [0.15, 0.2) is 58.5 Å². The minimum Gasteiger partial charge on any atom is -0.433 e. The number of carbonyl (C=O) groups excluding carboxylic acids is 2. The highest BCUT2D eigenvalue weighted by molar-refractivity contribution is 5.85. The van der Waals surface area contributed by atoms with Gasteiger partial charge in [0.05, 0.1) is 0 Å². The van der Waals surface area contributed by atoms with Crippen molar-refractivity contribution in [3.63, 3.8) is 0 Å². The summed E-state index contributed by atoms with van der Waals surface area (Å²) in [5, 5.41) is 20.3. The van der Waals surface area contributed by atoms with Crippen LogP contribution in [0.5, 0.6) is 0 Å². The Morgan fingerprint density at radius 1 is 0.767 bits per heavy atom. The zero-order valence-corrected chi connectivity index (χ0v) is 15.9. The van der Waals surface area contributed by atoms with Gasteiger partial charge < -0.3 is 19.7 Å². The lowest BCUT2D eigenvalue weighted by Gasteiger charge is -2.24. The first kappa shape index (κ1) is 19.9. The Labute approximate surface area is 172 Å². The van der Waals surface area contributed by atoms with Crippen molar-refractivity contribution in [1.29, 1.82) is 0 Å². The standard InChI is InChI=1S/C22H20N2O6/c25-17(21(27)29-19-15-7-3-1-5-13(15)9-11-23-19)18(26)22(28)30-20-16-8-4-2-6-14(16)10-12-24-20/h1-8,11-12,17-20,25-26H,9-10H2. The molecule has 0 radical (unpaired) electrons. The quantitative estimate of drug-likeness (QED) is 0.723. The number of nitrogens with zero attached hydrogens (tertiary/aromatic N) is 2. The molecule has 0 spiro atoms. The number of esters is 2. The van der Waals surface area contributed by atoms with Crippen molar-refractivity contribution in [3.05, 3.63) is 70.8 Å². The highest BCUT2D eigenvalue weighted by Crippen LogP contribution is 2.28. The third-order valence-corrected chi connectivity index (χ3v) is 4.98. The van der Waals surface area contributed by atoms with E-state index in [2.05, 4.69) is 9.98 Å². The van der Waals surface area contributed by atoms with Crippen LogP contribution in [0.25, 0.3) is 0 Å². The van der Waals surface area contributed by atoms with Crippen molar-refractivity contribution in [2.75, 3.05) is 0 Å². The van der Waals surface area contributed by atoms with Crippen molar-refractivity contribution >= 4 is 24.4 Å². The van der Waals surface area contributed by atoms with Crippen LogP contribution in [0.3, 0.4) is 0 Å². The fourth-order valence-electron chi connectivity index (χ4n) is 3.38. The number of aliphatic hydroxyl groups is 2. The second kappa shape index (κ2) is 8.56. The summed E-state index contributed by atoms with van der Waals surface area (Å²) in [5.74, 6) is -2.35. The molecule has 154 valence electrons. The molecule has 2 aromatic carbocycles. The molecule has 0 amide bonds. The summed E-state index contributed by atoms with van der Waals surface area (Å²) in [4.78, 5) is 32.9. The van der Waals surface area contributed by atoms with Gasteiger partial charge in [-0.25, -0.2) is 9.59 Å². The van der Waals surface area contributed by atoms with Gasteiger partial charge in [-0.1, -0.05) is 48.5 Å². The number of carbonyl (C=O) groups is 2. The fourth-order valence-corrected chi connectivity index (χ4v) is 3.38. The monoisotopic (exact) mass is 408 g/mol. The fraction of sp³-hybridized carbons (Fsp3) is 0.273. The van der Waals surface area contributed by atoms with E-state index in [1.807, 2.05) is 24.3 Å². The molecule has 2 aliphatic heterocycles. The Morgan fingerprint density at radius 2 is 1.17 bits per heavy atom. The zero-order chi connectivity index (χ0) is 21.1. The molecule has 0 bridgehead atoms. The Kier molecular flexibility index (Phi) is 5.69. The van der Waals surface area contributed by atoms with Gasteiger partial charge >= 0.3 is 11.9 Å². The number of benzene rings is 2. The molecule has 4 atom stereocenters. The Bertz CT molecular complexity index is 937. The Balaban J connectivity index is 1.40. The molecule has 4 rings (SSSR count). The van der Waals surface area contributed by atoms with E-state index in [1.54, 1.807) is 36.7 Å². The van der Waals surface area contributed by atoms with Crippen LogP contribution in [0.1, 0.15) is 34.7 Å². The van der Waals surface area contributed by atoms with Crippen LogP contribution >= 0.6 is 0 Å². The molecule has 0 aromatic heterocycles. The number of rotatable bonds is 5. The molecule has 8 nitrogen and oxygen atoms in total. The number of aliphatic imine (C=N–C) groups is 2. The molecule has 0 saturated carbocycles. The summed E-state index contributed by atoms with van der Waals surface area (Å²) in [6.45, 7) is 0. The summed E-state index contributed by atoms with van der Waals surface area (Å²) in [7, 11) is 0. The van der Waals surface area contributed by atoms with Gasteiger partial charge in [-0.3, -0.25) is 9.98 Å². The van der Waals surface area contributed by atoms with Crippen LogP contribution in [-0.4, -0.2) is 46.8 Å². The lowest BCUT2D eigenvalue weighted by molar-refractivity contribution is -0.179. The van der Waals surface area contributed by atoms with Crippen LogP contribution in [0.4, 0.5) is 0 Å². The van der Waals surface area contributed by atoms with Gasteiger partial charge in [-0.05, 0) is 11.1 Å². The van der Waals surface area contributed by atoms with Crippen LogP contribution < -0.4 is 0 Å². The smallest absolute Gasteiger partial charge is 0.340 e. The van der Waals surface area contributed by atoms with Crippen molar-refractivity contribution in [1.82, 2.24) is 0 Å². The average molecular weight is 408 g/mol. The predicted molar refractivity (Wildman–Crippen MR) is 107 cm³/mol. The van der Waals surface area contributed by atoms with Gasteiger partial charge in [0.15, 0.2) is 12.2 Å².